The van der Waals surface area contributed by atoms with Crippen LogP contribution in [-0.4, -0.2) is 53.0 Å². The van der Waals surface area contributed by atoms with Crippen LogP contribution in [0.2, 0.25) is 0 Å². The second kappa shape index (κ2) is 6.86. The number of likely N-dealkylation sites (N-methyl/N-ethyl adjacent to an activating group) is 1. The molecule has 0 aliphatic heterocycles. The van der Waals surface area contributed by atoms with E-state index in [9.17, 15) is 9.90 Å². The number of halogens is 1. The van der Waals surface area contributed by atoms with E-state index in [-0.39, 0.29) is 6.61 Å². The SMILES string of the molecule is CCOC(=O)C(O)c1c(Br)cnn1CCN(C)C. The van der Waals surface area contributed by atoms with Gasteiger partial charge in [0, 0.05) is 6.54 Å². The second-order valence-electron chi connectivity index (χ2n) is 4.06. The standard InChI is InChI=1S/C11H18BrN3O3/c1-4-18-11(17)10(16)9-8(12)7-13-15(9)6-5-14(2)3/h7,10,16H,4-6H2,1-3H3. The lowest BCUT2D eigenvalue weighted by molar-refractivity contribution is -0.153. The molecule has 0 fully saturated rings. The molecule has 1 aromatic heterocycles. The fraction of sp³-hybridized carbons (Fsp3) is 0.636. The van der Waals surface area contributed by atoms with Crippen molar-refractivity contribution < 1.29 is 14.6 Å². The van der Waals surface area contributed by atoms with Crippen molar-refractivity contribution in [3.05, 3.63) is 16.4 Å². The number of aromatic nitrogens is 2. The number of nitrogens with zero attached hydrogens (tertiary/aromatic N) is 3. The third kappa shape index (κ3) is 3.79. The third-order valence-corrected chi connectivity index (χ3v) is 2.97. The van der Waals surface area contributed by atoms with E-state index in [1.807, 2.05) is 19.0 Å². The van der Waals surface area contributed by atoms with Gasteiger partial charge in [0.2, 0.25) is 0 Å². The van der Waals surface area contributed by atoms with Gasteiger partial charge in [-0.1, -0.05) is 0 Å². The van der Waals surface area contributed by atoms with Crippen LogP contribution in [0, 0.1) is 0 Å². The number of aliphatic hydroxyl groups is 1. The van der Waals surface area contributed by atoms with E-state index in [0.29, 0.717) is 16.7 Å². The molecule has 0 aliphatic carbocycles. The number of hydrogen-bond acceptors (Lipinski definition) is 5. The Morgan fingerprint density at radius 1 is 1.67 bits per heavy atom. The molecule has 1 N–H and O–H groups in total. The Labute approximate surface area is 115 Å². The van der Waals surface area contributed by atoms with Crippen LogP contribution in [0.5, 0.6) is 0 Å². The molecule has 1 rings (SSSR count). The van der Waals surface area contributed by atoms with Crippen molar-refractivity contribution in [2.75, 3.05) is 27.2 Å². The van der Waals surface area contributed by atoms with Crippen LogP contribution in [-0.2, 0) is 16.1 Å². The molecule has 1 unspecified atom stereocenters. The highest BCUT2D eigenvalue weighted by molar-refractivity contribution is 9.10. The zero-order valence-corrected chi connectivity index (χ0v) is 12.3. The van der Waals surface area contributed by atoms with E-state index in [2.05, 4.69) is 21.0 Å². The fourth-order valence-corrected chi connectivity index (χ4v) is 1.96. The lowest BCUT2D eigenvalue weighted by Gasteiger charge is -2.15. The Balaban J connectivity index is 2.86. The zero-order valence-electron chi connectivity index (χ0n) is 10.8. The number of carbonyl (C=O) groups excluding carboxylic acids is 1. The molecule has 0 saturated carbocycles. The summed E-state index contributed by atoms with van der Waals surface area (Å²) >= 11 is 3.28. The molecule has 0 bridgehead atoms. The Hall–Kier alpha value is -0.920. The van der Waals surface area contributed by atoms with Gasteiger partial charge in [-0.2, -0.15) is 5.10 Å². The first-order chi connectivity index (χ1) is 8.47. The van der Waals surface area contributed by atoms with E-state index in [1.165, 1.54) is 0 Å². The molecule has 6 nitrogen and oxygen atoms in total. The van der Waals surface area contributed by atoms with Crippen molar-refractivity contribution in [2.45, 2.75) is 19.6 Å². The summed E-state index contributed by atoms with van der Waals surface area (Å²) in [6, 6.07) is 0. The van der Waals surface area contributed by atoms with E-state index < -0.39 is 12.1 Å². The molecule has 7 heteroatoms. The second-order valence-corrected chi connectivity index (χ2v) is 4.91. The van der Waals surface area contributed by atoms with Gasteiger partial charge in [-0.05, 0) is 36.9 Å². The van der Waals surface area contributed by atoms with Crippen LogP contribution in [0.3, 0.4) is 0 Å². The van der Waals surface area contributed by atoms with E-state index in [4.69, 9.17) is 4.74 Å². The van der Waals surface area contributed by atoms with Crippen LogP contribution in [0.25, 0.3) is 0 Å². The minimum Gasteiger partial charge on any atom is -0.464 e. The van der Waals surface area contributed by atoms with Crippen molar-refractivity contribution >= 4 is 21.9 Å². The van der Waals surface area contributed by atoms with Crippen molar-refractivity contribution in [1.82, 2.24) is 14.7 Å². The van der Waals surface area contributed by atoms with Gasteiger partial charge in [0.25, 0.3) is 0 Å². The van der Waals surface area contributed by atoms with Crippen LogP contribution in [0.4, 0.5) is 0 Å². The minimum atomic E-state index is -1.32. The molecule has 102 valence electrons. The molecule has 0 aromatic carbocycles. The van der Waals surface area contributed by atoms with Gasteiger partial charge in [0.1, 0.15) is 0 Å². The number of hydrogen-bond donors (Lipinski definition) is 1. The van der Waals surface area contributed by atoms with Crippen LogP contribution < -0.4 is 0 Å². The highest BCUT2D eigenvalue weighted by Gasteiger charge is 2.25. The summed E-state index contributed by atoms with van der Waals surface area (Å²) in [6.45, 7) is 3.28. The number of aliphatic hydroxyl groups excluding tert-OH is 1. The summed E-state index contributed by atoms with van der Waals surface area (Å²) in [4.78, 5) is 13.5. The summed E-state index contributed by atoms with van der Waals surface area (Å²) < 4.78 is 7.00. The van der Waals surface area contributed by atoms with Gasteiger partial charge in [-0.15, -0.1) is 0 Å². The predicted molar refractivity (Wildman–Crippen MR) is 70.1 cm³/mol. The summed E-state index contributed by atoms with van der Waals surface area (Å²) in [7, 11) is 3.89. The summed E-state index contributed by atoms with van der Waals surface area (Å²) in [5, 5.41) is 14.1. The van der Waals surface area contributed by atoms with Gasteiger partial charge in [0.05, 0.1) is 29.5 Å². The van der Waals surface area contributed by atoms with Crippen LogP contribution in [0.1, 0.15) is 18.7 Å². The molecule has 0 amide bonds. The maximum absolute atomic E-state index is 11.5. The molecular formula is C11H18BrN3O3. The Bertz CT molecular complexity index is 406. The molecule has 0 saturated heterocycles. The molecule has 18 heavy (non-hydrogen) atoms. The topological polar surface area (TPSA) is 67.6 Å². The van der Waals surface area contributed by atoms with Crippen LogP contribution >= 0.6 is 15.9 Å². The summed E-state index contributed by atoms with van der Waals surface area (Å²) in [5.41, 5.74) is 0.426. The Morgan fingerprint density at radius 3 is 2.89 bits per heavy atom. The quantitative estimate of drug-likeness (QED) is 0.786. The molecule has 0 aliphatic rings. The summed E-state index contributed by atoms with van der Waals surface area (Å²) in [5.74, 6) is -0.662. The molecular weight excluding hydrogens is 302 g/mol. The number of carbonyl (C=O) groups is 1. The Morgan fingerprint density at radius 2 is 2.33 bits per heavy atom. The first-order valence-electron chi connectivity index (χ1n) is 5.68. The molecule has 0 spiro atoms. The minimum absolute atomic E-state index is 0.235. The van der Waals surface area contributed by atoms with Gasteiger partial charge in [-0.25, -0.2) is 4.79 Å². The van der Waals surface area contributed by atoms with Crippen molar-refractivity contribution in [2.24, 2.45) is 0 Å². The van der Waals surface area contributed by atoms with E-state index in [0.717, 1.165) is 6.54 Å². The largest absolute Gasteiger partial charge is 0.464 e. The van der Waals surface area contributed by atoms with Gasteiger partial charge in [-0.3, -0.25) is 4.68 Å². The average molecular weight is 320 g/mol. The lowest BCUT2D eigenvalue weighted by atomic mass is 10.2. The van der Waals surface area contributed by atoms with Crippen LogP contribution in [0.15, 0.2) is 10.7 Å². The van der Waals surface area contributed by atoms with E-state index in [1.54, 1.807) is 17.8 Å². The average Bonchev–Trinajstić information content (AvgIpc) is 2.67. The predicted octanol–water partition coefficient (Wildman–Crippen LogP) is 0.804. The van der Waals surface area contributed by atoms with Crippen molar-refractivity contribution in [3.63, 3.8) is 0 Å². The van der Waals surface area contributed by atoms with Crippen molar-refractivity contribution in [1.29, 1.82) is 0 Å². The third-order valence-electron chi connectivity index (χ3n) is 2.36. The number of rotatable bonds is 6. The lowest BCUT2D eigenvalue weighted by Crippen LogP contribution is -2.24. The Kier molecular flexibility index (Phi) is 5.77. The smallest absolute Gasteiger partial charge is 0.341 e. The molecule has 0 radical (unpaired) electrons. The van der Waals surface area contributed by atoms with Gasteiger partial charge < -0.3 is 14.7 Å². The maximum Gasteiger partial charge on any atom is 0.341 e. The molecule has 1 aromatic rings. The normalized spacial score (nSPS) is 12.8. The van der Waals surface area contributed by atoms with Gasteiger partial charge in [0.15, 0.2) is 6.10 Å². The molecule has 1 heterocycles. The van der Waals surface area contributed by atoms with Crippen molar-refractivity contribution in [3.8, 4) is 0 Å². The number of esters is 1. The maximum atomic E-state index is 11.5. The fourth-order valence-electron chi connectivity index (χ4n) is 1.45. The van der Waals surface area contributed by atoms with E-state index >= 15 is 0 Å². The highest BCUT2D eigenvalue weighted by atomic mass is 79.9. The highest BCUT2D eigenvalue weighted by Crippen LogP contribution is 2.24. The monoisotopic (exact) mass is 319 g/mol. The summed E-state index contributed by atoms with van der Waals surface area (Å²) in [6.07, 6.45) is 0.247. The number of ether oxygens (including phenoxy) is 1. The molecule has 1 atom stereocenters. The first-order valence-corrected chi connectivity index (χ1v) is 6.47. The zero-order chi connectivity index (χ0) is 13.7. The van der Waals surface area contributed by atoms with Gasteiger partial charge >= 0.3 is 5.97 Å². The first kappa shape index (κ1) is 15.1.